The summed E-state index contributed by atoms with van der Waals surface area (Å²) >= 11 is 0. The number of aliphatic hydroxyl groups excluding tert-OH is 4. The lowest BCUT2D eigenvalue weighted by molar-refractivity contribution is -0.0393. The number of H-pyrrole nitrogens is 2. The van der Waals surface area contributed by atoms with Crippen LogP contribution in [0.1, 0.15) is 12.5 Å². The van der Waals surface area contributed by atoms with Crippen LogP contribution in [0.5, 0.6) is 0 Å². The molecule has 2 aromatic heterocycles. The second-order valence-corrected chi connectivity index (χ2v) is 9.16. The average molecular weight is 600 g/mol. The monoisotopic (exact) mass is 600 g/mol. The molecule has 0 saturated carbocycles. The molecule has 0 aromatic carbocycles. The average Bonchev–Trinajstić information content (AvgIpc) is 3.38. The Kier molecular flexibility index (Phi) is 9.55. The number of aromatic amines is 2. The van der Waals surface area contributed by atoms with E-state index in [1.54, 1.807) is 0 Å². The van der Waals surface area contributed by atoms with Crippen molar-refractivity contribution in [1.82, 2.24) is 29.7 Å². The fourth-order valence-corrected chi connectivity index (χ4v) is 4.25. The lowest BCUT2D eigenvalue weighted by Crippen LogP contribution is -2.41. The molecule has 0 spiro atoms. The van der Waals surface area contributed by atoms with Gasteiger partial charge in [-0.3, -0.25) is 28.7 Å². The maximum atomic E-state index is 11.9. The van der Waals surface area contributed by atoms with Gasteiger partial charge in [0.25, 0.3) is 11.1 Å². The standard InChI is InChI=1S/C22H28N6O14/c29-11-1-3-27(19(35)25-11)17-15(33)13(31)9(41-17)7-23-21(37)39-5-6-40-22(38)24-8-10-14(32)16(34)18(42-10)28-4-2-12(30)26-20(28)36/h1-4,9-10,13-18,31-34H,5-8H2,(H,23,37)(H,24,38)(H,25,29,35)(H,26,30,36)/t9-,10-,13-,14-,15-,16-,17-,18-/m1/s1. The van der Waals surface area contributed by atoms with Crippen molar-refractivity contribution in [2.45, 2.75) is 49.1 Å². The van der Waals surface area contributed by atoms with Crippen molar-refractivity contribution in [2.75, 3.05) is 26.3 Å². The minimum atomic E-state index is -1.54. The molecule has 42 heavy (non-hydrogen) atoms. The van der Waals surface area contributed by atoms with E-state index in [2.05, 4.69) is 10.6 Å². The Balaban J connectivity index is 1.14. The van der Waals surface area contributed by atoms with Crippen molar-refractivity contribution in [1.29, 1.82) is 0 Å². The maximum Gasteiger partial charge on any atom is 0.407 e. The third-order valence-electron chi connectivity index (χ3n) is 6.37. The van der Waals surface area contributed by atoms with Gasteiger partial charge in [0.15, 0.2) is 12.5 Å². The minimum Gasteiger partial charge on any atom is -0.446 e. The summed E-state index contributed by atoms with van der Waals surface area (Å²) in [5.74, 6) is 0. The number of aliphatic hydroxyl groups is 4. The first-order valence-electron chi connectivity index (χ1n) is 12.4. The number of carbonyl (C=O) groups is 2. The molecule has 2 aliphatic heterocycles. The first-order valence-corrected chi connectivity index (χ1v) is 12.4. The molecule has 2 aromatic rings. The Hall–Kier alpha value is -4.34. The van der Waals surface area contributed by atoms with Crippen molar-refractivity contribution in [3.63, 3.8) is 0 Å². The van der Waals surface area contributed by atoms with Gasteiger partial charge in [0.05, 0.1) is 0 Å². The smallest absolute Gasteiger partial charge is 0.407 e. The van der Waals surface area contributed by atoms with Crippen LogP contribution >= 0.6 is 0 Å². The topological polar surface area (TPSA) is 286 Å². The molecule has 20 heteroatoms. The first kappa shape index (κ1) is 30.6. The predicted octanol–water partition coefficient (Wildman–Crippen LogP) is -5.22. The van der Waals surface area contributed by atoms with Gasteiger partial charge < -0.3 is 50.0 Å². The number of rotatable bonds is 9. The van der Waals surface area contributed by atoms with Gasteiger partial charge in [0.1, 0.15) is 49.8 Å². The van der Waals surface area contributed by atoms with Crippen molar-refractivity contribution >= 4 is 12.2 Å². The quantitative estimate of drug-likeness (QED) is 0.125. The van der Waals surface area contributed by atoms with E-state index in [0.717, 1.165) is 33.7 Å². The molecule has 2 amide bonds. The summed E-state index contributed by atoms with van der Waals surface area (Å²) in [7, 11) is 0. The number of carbonyl (C=O) groups excluding carboxylic acids is 2. The number of aromatic nitrogens is 4. The van der Waals surface area contributed by atoms with Crippen LogP contribution in [0.25, 0.3) is 0 Å². The SMILES string of the molecule is O=C(NC[C@H]1O[C@@H](n2ccc(=O)[nH]c2=O)[C@H](O)[C@@H]1O)OCCOC(=O)NC[C@H]1O[C@@H](n2ccc(=O)[nH]c2=O)[C@H](O)[C@@H]1O. The summed E-state index contributed by atoms with van der Waals surface area (Å²) in [6.07, 6.45) is -10.8. The molecule has 0 aliphatic carbocycles. The molecule has 4 rings (SSSR count). The zero-order valence-electron chi connectivity index (χ0n) is 21.5. The van der Waals surface area contributed by atoms with Gasteiger partial charge in [-0.25, -0.2) is 19.2 Å². The third-order valence-corrected chi connectivity index (χ3v) is 6.37. The fraction of sp³-hybridized carbons (Fsp3) is 0.545. The van der Waals surface area contributed by atoms with Crippen LogP contribution in [0.3, 0.4) is 0 Å². The zero-order valence-corrected chi connectivity index (χ0v) is 21.5. The minimum absolute atomic E-state index is 0.325. The van der Waals surface area contributed by atoms with Crippen molar-refractivity contribution in [2.24, 2.45) is 0 Å². The van der Waals surface area contributed by atoms with Gasteiger partial charge >= 0.3 is 23.6 Å². The van der Waals surface area contributed by atoms with Crippen LogP contribution in [0.2, 0.25) is 0 Å². The Labute approximate surface area is 233 Å². The largest absolute Gasteiger partial charge is 0.446 e. The third kappa shape index (κ3) is 6.92. The summed E-state index contributed by atoms with van der Waals surface area (Å²) in [4.78, 5) is 74.1. The maximum absolute atomic E-state index is 11.9. The number of amides is 2. The molecule has 2 saturated heterocycles. The summed E-state index contributed by atoms with van der Waals surface area (Å²) in [6.45, 7) is -1.42. The molecule has 8 N–H and O–H groups in total. The Morgan fingerprint density at radius 2 is 1.10 bits per heavy atom. The van der Waals surface area contributed by atoms with Gasteiger partial charge in [-0.05, 0) is 0 Å². The molecular formula is C22H28N6O14. The van der Waals surface area contributed by atoms with Crippen molar-refractivity contribution in [3.05, 3.63) is 66.2 Å². The lowest BCUT2D eigenvalue weighted by atomic mass is 10.1. The fourth-order valence-electron chi connectivity index (χ4n) is 4.25. The second-order valence-electron chi connectivity index (χ2n) is 9.16. The number of hydrogen-bond acceptors (Lipinski definition) is 14. The second kappa shape index (κ2) is 13.1. The molecule has 230 valence electrons. The molecule has 20 nitrogen and oxygen atoms in total. The van der Waals surface area contributed by atoms with Crippen LogP contribution in [0.4, 0.5) is 9.59 Å². The summed E-state index contributed by atoms with van der Waals surface area (Å²) in [5, 5.41) is 45.4. The summed E-state index contributed by atoms with van der Waals surface area (Å²) < 4.78 is 22.3. The summed E-state index contributed by atoms with van der Waals surface area (Å²) in [6, 6.07) is 2.06. The normalized spacial score (nSPS) is 28.8. The van der Waals surface area contributed by atoms with Crippen LogP contribution in [0.15, 0.2) is 43.7 Å². The van der Waals surface area contributed by atoms with E-state index in [0.29, 0.717) is 0 Å². The van der Waals surface area contributed by atoms with E-state index < -0.39 is 83.8 Å². The van der Waals surface area contributed by atoms with Crippen LogP contribution in [-0.4, -0.2) is 115 Å². The summed E-state index contributed by atoms with van der Waals surface area (Å²) in [5.41, 5.74) is -3.06. The molecule has 2 fully saturated rings. The molecular weight excluding hydrogens is 572 g/mol. The highest BCUT2D eigenvalue weighted by Gasteiger charge is 2.45. The van der Waals surface area contributed by atoms with Crippen LogP contribution < -0.4 is 33.1 Å². The molecule has 0 unspecified atom stereocenters. The highest BCUT2D eigenvalue weighted by molar-refractivity contribution is 5.68. The number of hydrogen-bond donors (Lipinski definition) is 8. The number of nitrogens with one attached hydrogen (secondary N) is 4. The van der Waals surface area contributed by atoms with Gasteiger partial charge in [-0.2, -0.15) is 0 Å². The molecule has 0 bridgehead atoms. The molecule has 8 atom stereocenters. The van der Waals surface area contributed by atoms with Crippen molar-refractivity contribution < 1.29 is 49.0 Å². The molecule has 4 heterocycles. The van der Waals surface area contributed by atoms with Gasteiger partial charge in [-0.15, -0.1) is 0 Å². The van der Waals surface area contributed by atoms with E-state index in [9.17, 15) is 49.2 Å². The molecule has 2 aliphatic rings. The molecule has 0 radical (unpaired) electrons. The van der Waals surface area contributed by atoms with E-state index >= 15 is 0 Å². The lowest BCUT2D eigenvalue weighted by Gasteiger charge is -2.17. The zero-order chi connectivity index (χ0) is 30.6. The Morgan fingerprint density at radius 1 is 0.714 bits per heavy atom. The van der Waals surface area contributed by atoms with Gasteiger partial charge in [0.2, 0.25) is 0 Å². The predicted molar refractivity (Wildman–Crippen MR) is 133 cm³/mol. The van der Waals surface area contributed by atoms with E-state index in [-0.39, 0.29) is 26.3 Å². The van der Waals surface area contributed by atoms with E-state index in [4.69, 9.17) is 18.9 Å². The van der Waals surface area contributed by atoms with Crippen LogP contribution in [0, 0.1) is 0 Å². The number of ether oxygens (including phenoxy) is 4. The van der Waals surface area contributed by atoms with Crippen molar-refractivity contribution in [3.8, 4) is 0 Å². The number of nitrogens with zero attached hydrogens (tertiary/aromatic N) is 2. The van der Waals surface area contributed by atoms with Gasteiger partial charge in [-0.1, -0.05) is 0 Å². The van der Waals surface area contributed by atoms with E-state index in [1.807, 2.05) is 9.97 Å². The van der Waals surface area contributed by atoms with Crippen LogP contribution in [-0.2, 0) is 18.9 Å². The number of alkyl carbamates (subject to hydrolysis) is 2. The Bertz CT molecular complexity index is 1390. The highest BCUT2D eigenvalue weighted by Crippen LogP contribution is 2.28. The van der Waals surface area contributed by atoms with E-state index in [1.165, 1.54) is 0 Å². The highest BCUT2D eigenvalue weighted by atomic mass is 16.6. The Morgan fingerprint density at radius 3 is 1.45 bits per heavy atom. The van der Waals surface area contributed by atoms with Gasteiger partial charge in [0, 0.05) is 37.6 Å². The first-order chi connectivity index (χ1) is 20.0.